The first kappa shape index (κ1) is 13.3. The van der Waals surface area contributed by atoms with Crippen molar-refractivity contribution in [1.82, 2.24) is 0 Å². The molecule has 16 heavy (non-hydrogen) atoms. The maximum absolute atomic E-state index is 11.6. The van der Waals surface area contributed by atoms with Gasteiger partial charge in [-0.1, -0.05) is 38.2 Å². The lowest BCUT2D eigenvalue weighted by atomic mass is 9.81. The number of allylic oxidation sites excluding steroid dienone is 1. The standard InChI is InChI=1S/C14H24O2/c1-3-4-10-13(14(15)16-2)11-12-8-6-5-7-9-12/h3,12-13H,1,4-11H2,2H3. The van der Waals surface area contributed by atoms with Crippen molar-refractivity contribution in [3.63, 3.8) is 0 Å². The number of hydrogen-bond acceptors (Lipinski definition) is 2. The molecular formula is C14H24O2. The van der Waals surface area contributed by atoms with Gasteiger partial charge < -0.3 is 4.74 Å². The van der Waals surface area contributed by atoms with E-state index < -0.39 is 0 Å². The van der Waals surface area contributed by atoms with Gasteiger partial charge in [0.1, 0.15) is 0 Å². The maximum Gasteiger partial charge on any atom is 0.308 e. The van der Waals surface area contributed by atoms with Gasteiger partial charge in [0.2, 0.25) is 0 Å². The molecule has 1 saturated carbocycles. The molecule has 1 rings (SSSR count). The third kappa shape index (κ3) is 4.38. The molecule has 0 radical (unpaired) electrons. The van der Waals surface area contributed by atoms with Gasteiger partial charge in [-0.3, -0.25) is 4.79 Å². The van der Waals surface area contributed by atoms with Crippen molar-refractivity contribution in [2.24, 2.45) is 11.8 Å². The van der Waals surface area contributed by atoms with Crippen LogP contribution in [0.3, 0.4) is 0 Å². The topological polar surface area (TPSA) is 26.3 Å². The summed E-state index contributed by atoms with van der Waals surface area (Å²) in [4.78, 5) is 11.6. The van der Waals surface area contributed by atoms with E-state index >= 15 is 0 Å². The van der Waals surface area contributed by atoms with Crippen LogP contribution in [0.5, 0.6) is 0 Å². The Labute approximate surface area is 99.1 Å². The Morgan fingerprint density at radius 1 is 1.44 bits per heavy atom. The van der Waals surface area contributed by atoms with Crippen molar-refractivity contribution in [3.8, 4) is 0 Å². The summed E-state index contributed by atoms with van der Waals surface area (Å²) in [5.74, 6) is 0.793. The molecule has 0 amide bonds. The SMILES string of the molecule is C=CCCC(CC1CCCCC1)C(=O)OC. The van der Waals surface area contributed by atoms with E-state index in [9.17, 15) is 4.79 Å². The second kappa shape index (κ2) is 7.48. The van der Waals surface area contributed by atoms with Gasteiger partial charge in [-0.15, -0.1) is 6.58 Å². The van der Waals surface area contributed by atoms with Crippen molar-refractivity contribution >= 4 is 5.97 Å². The summed E-state index contributed by atoms with van der Waals surface area (Å²) in [7, 11) is 1.49. The highest BCUT2D eigenvalue weighted by Crippen LogP contribution is 2.31. The predicted molar refractivity (Wildman–Crippen MR) is 66.1 cm³/mol. The van der Waals surface area contributed by atoms with Crippen LogP contribution in [0.25, 0.3) is 0 Å². The van der Waals surface area contributed by atoms with Crippen LogP contribution in [0.15, 0.2) is 12.7 Å². The highest BCUT2D eigenvalue weighted by Gasteiger charge is 2.24. The van der Waals surface area contributed by atoms with Crippen molar-refractivity contribution in [3.05, 3.63) is 12.7 Å². The summed E-state index contributed by atoms with van der Waals surface area (Å²) < 4.78 is 4.88. The largest absolute Gasteiger partial charge is 0.469 e. The van der Waals surface area contributed by atoms with Crippen LogP contribution in [0, 0.1) is 11.8 Å². The number of hydrogen-bond donors (Lipinski definition) is 0. The van der Waals surface area contributed by atoms with Crippen molar-refractivity contribution in [1.29, 1.82) is 0 Å². The van der Waals surface area contributed by atoms with Gasteiger partial charge in [0.25, 0.3) is 0 Å². The van der Waals surface area contributed by atoms with Crippen molar-refractivity contribution < 1.29 is 9.53 Å². The second-order valence-corrected chi connectivity index (χ2v) is 4.83. The normalized spacial score (nSPS) is 19.1. The molecule has 92 valence electrons. The molecular weight excluding hydrogens is 200 g/mol. The molecule has 0 aliphatic heterocycles. The van der Waals surface area contributed by atoms with Crippen LogP contribution in [-0.2, 0) is 9.53 Å². The van der Waals surface area contributed by atoms with Gasteiger partial charge in [0.15, 0.2) is 0 Å². The van der Waals surface area contributed by atoms with Crippen LogP contribution in [0.4, 0.5) is 0 Å². The average Bonchev–Trinajstić information content (AvgIpc) is 2.34. The van der Waals surface area contributed by atoms with Crippen LogP contribution in [-0.4, -0.2) is 13.1 Å². The van der Waals surface area contributed by atoms with Gasteiger partial charge in [0, 0.05) is 0 Å². The molecule has 0 spiro atoms. The molecule has 0 aromatic heterocycles. The summed E-state index contributed by atoms with van der Waals surface area (Å²) in [5, 5.41) is 0. The fraction of sp³-hybridized carbons (Fsp3) is 0.786. The average molecular weight is 224 g/mol. The molecule has 2 nitrogen and oxygen atoms in total. The zero-order chi connectivity index (χ0) is 11.8. The first-order chi connectivity index (χ1) is 7.77. The summed E-state index contributed by atoms with van der Waals surface area (Å²) in [6.07, 6.45) is 11.3. The Morgan fingerprint density at radius 3 is 2.69 bits per heavy atom. The first-order valence-corrected chi connectivity index (χ1v) is 6.46. The maximum atomic E-state index is 11.6. The molecule has 0 aromatic carbocycles. The van der Waals surface area contributed by atoms with E-state index in [0.717, 1.165) is 25.2 Å². The van der Waals surface area contributed by atoms with Gasteiger partial charge in [0.05, 0.1) is 13.0 Å². The molecule has 1 unspecified atom stereocenters. The zero-order valence-electron chi connectivity index (χ0n) is 10.4. The minimum atomic E-state index is -0.0348. The Kier molecular flexibility index (Phi) is 6.20. The van der Waals surface area contributed by atoms with E-state index in [4.69, 9.17) is 4.74 Å². The summed E-state index contributed by atoms with van der Waals surface area (Å²) in [6, 6.07) is 0. The van der Waals surface area contributed by atoms with Crippen LogP contribution >= 0.6 is 0 Å². The van der Waals surface area contributed by atoms with Crippen LogP contribution in [0.1, 0.15) is 51.4 Å². The molecule has 2 heteroatoms. The van der Waals surface area contributed by atoms with Gasteiger partial charge in [-0.05, 0) is 25.2 Å². The number of carbonyl (C=O) groups is 1. The zero-order valence-corrected chi connectivity index (χ0v) is 10.4. The van der Waals surface area contributed by atoms with Crippen LogP contribution < -0.4 is 0 Å². The molecule has 0 heterocycles. The molecule has 0 bridgehead atoms. The Morgan fingerprint density at radius 2 is 2.12 bits per heavy atom. The summed E-state index contributed by atoms with van der Waals surface area (Å²) in [6.45, 7) is 3.71. The third-order valence-corrected chi connectivity index (χ3v) is 3.60. The molecule has 0 saturated heterocycles. The van der Waals surface area contributed by atoms with E-state index in [1.54, 1.807) is 0 Å². The van der Waals surface area contributed by atoms with Crippen LogP contribution in [0.2, 0.25) is 0 Å². The minimum absolute atomic E-state index is 0.0348. The fourth-order valence-electron chi connectivity index (χ4n) is 2.64. The smallest absolute Gasteiger partial charge is 0.308 e. The fourth-order valence-corrected chi connectivity index (χ4v) is 2.64. The van der Waals surface area contributed by atoms with Gasteiger partial charge >= 0.3 is 5.97 Å². The lowest BCUT2D eigenvalue weighted by molar-refractivity contribution is -0.146. The summed E-state index contributed by atoms with van der Waals surface area (Å²) in [5.41, 5.74) is 0. The molecule has 0 N–H and O–H groups in total. The molecule has 1 aliphatic rings. The van der Waals surface area contributed by atoms with Crippen molar-refractivity contribution in [2.75, 3.05) is 7.11 Å². The van der Waals surface area contributed by atoms with E-state index in [-0.39, 0.29) is 11.9 Å². The molecule has 1 aliphatic carbocycles. The number of carbonyl (C=O) groups excluding carboxylic acids is 1. The predicted octanol–water partition coefficient (Wildman–Crippen LogP) is 3.71. The molecule has 1 atom stereocenters. The van der Waals surface area contributed by atoms with E-state index in [2.05, 4.69) is 6.58 Å². The third-order valence-electron chi connectivity index (χ3n) is 3.60. The Hall–Kier alpha value is -0.790. The lowest BCUT2D eigenvalue weighted by Gasteiger charge is -2.25. The number of esters is 1. The molecule has 0 aromatic rings. The summed E-state index contributed by atoms with van der Waals surface area (Å²) >= 11 is 0. The Bertz CT molecular complexity index is 217. The quantitative estimate of drug-likeness (QED) is 0.508. The monoisotopic (exact) mass is 224 g/mol. The number of ether oxygens (including phenoxy) is 1. The minimum Gasteiger partial charge on any atom is -0.469 e. The highest BCUT2D eigenvalue weighted by atomic mass is 16.5. The highest BCUT2D eigenvalue weighted by molar-refractivity contribution is 5.72. The first-order valence-electron chi connectivity index (χ1n) is 6.46. The van der Waals surface area contributed by atoms with E-state index in [0.29, 0.717) is 0 Å². The number of methoxy groups -OCH3 is 1. The molecule has 1 fully saturated rings. The Balaban J connectivity index is 2.40. The van der Waals surface area contributed by atoms with E-state index in [1.807, 2.05) is 6.08 Å². The second-order valence-electron chi connectivity index (χ2n) is 4.83. The van der Waals surface area contributed by atoms with Crippen molar-refractivity contribution in [2.45, 2.75) is 51.4 Å². The van der Waals surface area contributed by atoms with Gasteiger partial charge in [-0.25, -0.2) is 0 Å². The lowest BCUT2D eigenvalue weighted by Crippen LogP contribution is -2.21. The van der Waals surface area contributed by atoms with E-state index in [1.165, 1.54) is 39.2 Å². The van der Waals surface area contributed by atoms with Gasteiger partial charge in [-0.2, -0.15) is 0 Å². The number of rotatable bonds is 6.